The van der Waals surface area contributed by atoms with E-state index in [4.69, 9.17) is 33.2 Å². The van der Waals surface area contributed by atoms with Crippen LogP contribution in [0.1, 0.15) is 204 Å². The first-order chi connectivity index (χ1) is 47.7. The van der Waals surface area contributed by atoms with Gasteiger partial charge in [-0.1, -0.05) is 67.5 Å². The number of ether oxygens (including phenoxy) is 7. The van der Waals surface area contributed by atoms with Crippen molar-refractivity contribution in [3.63, 3.8) is 0 Å². The smallest absolute Gasteiger partial charge is 0.397 e. The van der Waals surface area contributed by atoms with Gasteiger partial charge in [-0.2, -0.15) is 8.42 Å². The van der Waals surface area contributed by atoms with Gasteiger partial charge in [0.05, 0.1) is 91.4 Å². The molecular formula is C72H114O29S. The monoisotopic (exact) mass is 1470 g/mol. The van der Waals surface area contributed by atoms with E-state index in [-0.39, 0.29) is 105 Å². The van der Waals surface area contributed by atoms with Crippen molar-refractivity contribution in [2.24, 2.45) is 41.4 Å². The summed E-state index contributed by atoms with van der Waals surface area (Å²) in [5, 5.41) is 147. The van der Waals surface area contributed by atoms with Crippen molar-refractivity contribution in [3.05, 3.63) is 58.7 Å². The molecule has 30 atom stereocenters. The van der Waals surface area contributed by atoms with E-state index in [9.17, 15) is 103 Å². The maximum atomic E-state index is 14.0. The second kappa shape index (κ2) is 38.6. The summed E-state index contributed by atoms with van der Waals surface area (Å²) >= 11 is 0. The number of esters is 2. The third-order valence-electron chi connectivity index (χ3n) is 21.4. The lowest BCUT2D eigenvalue weighted by molar-refractivity contribution is -0.306. The molecule has 1 unspecified atom stereocenters. The minimum absolute atomic E-state index is 0.00220. The Labute approximate surface area is 597 Å². The van der Waals surface area contributed by atoms with Crippen LogP contribution < -0.4 is 0 Å². The van der Waals surface area contributed by atoms with Crippen molar-refractivity contribution in [2.45, 2.75) is 312 Å². The van der Waals surface area contributed by atoms with Crippen LogP contribution in [-0.2, 0) is 62.1 Å². The third kappa shape index (κ3) is 23.2. The molecule has 0 aromatic heterocycles. The second-order valence-electron chi connectivity index (χ2n) is 29.4. The molecule has 1 aromatic rings. The number of rotatable bonds is 17. The zero-order valence-corrected chi connectivity index (χ0v) is 61.1. The molecule has 1 aliphatic carbocycles. The predicted octanol–water partition coefficient (Wildman–Crippen LogP) is 2.88. The lowest BCUT2D eigenvalue weighted by atomic mass is 9.77. The van der Waals surface area contributed by atoms with Crippen LogP contribution in [0.2, 0.25) is 0 Å². The number of Topliss-reactive ketones (excluding diaryl/α,β-unsaturated/α-hetero) is 2. The molecule has 29 nitrogen and oxygen atoms in total. The highest BCUT2D eigenvalue weighted by molar-refractivity contribution is 7.80. The van der Waals surface area contributed by atoms with E-state index in [0.29, 0.717) is 6.42 Å². The summed E-state index contributed by atoms with van der Waals surface area (Å²) in [5.41, 5.74) is 0.847. The van der Waals surface area contributed by atoms with Gasteiger partial charge < -0.3 is 99.5 Å². The summed E-state index contributed by atoms with van der Waals surface area (Å²) in [4.78, 5) is 67.4. The zero-order valence-electron chi connectivity index (χ0n) is 60.3. The number of fused-ring (bicyclic) bond motifs is 4. The number of methoxy groups -OCH3 is 1. The number of carbonyl (C=O) groups excluding carboxylic acids is 5. The van der Waals surface area contributed by atoms with Crippen LogP contribution in [0.4, 0.5) is 0 Å². The van der Waals surface area contributed by atoms with E-state index in [1.54, 1.807) is 55.4 Å². The molecule has 4 heterocycles. The van der Waals surface area contributed by atoms with E-state index in [1.807, 2.05) is 6.92 Å². The average molecular weight is 1480 g/mol. The first-order valence-corrected chi connectivity index (χ1v) is 37.4. The summed E-state index contributed by atoms with van der Waals surface area (Å²) in [6.07, 6.45) is -24.4. The van der Waals surface area contributed by atoms with Crippen LogP contribution in [-0.4, -0.2) is 250 Å². The minimum Gasteiger partial charge on any atom is -0.459 e. The molecule has 3 fully saturated rings. The summed E-state index contributed by atoms with van der Waals surface area (Å²) < 4.78 is 80.2. The highest BCUT2D eigenvalue weighted by Gasteiger charge is 2.58. The van der Waals surface area contributed by atoms with E-state index < -0.39 is 235 Å². The molecule has 1 aromatic carbocycles. The fourth-order valence-electron chi connectivity index (χ4n) is 14.9. The van der Waals surface area contributed by atoms with Crippen LogP contribution in [0.3, 0.4) is 0 Å². The highest BCUT2D eigenvalue weighted by atomic mass is 32.3. The van der Waals surface area contributed by atoms with Gasteiger partial charge in [0.2, 0.25) is 5.78 Å². The van der Waals surface area contributed by atoms with Crippen LogP contribution in [0, 0.1) is 41.4 Å². The molecule has 5 aliphatic rings. The van der Waals surface area contributed by atoms with Gasteiger partial charge in [0.25, 0.3) is 5.79 Å². The van der Waals surface area contributed by atoms with Gasteiger partial charge in [0.15, 0.2) is 17.9 Å². The summed E-state index contributed by atoms with van der Waals surface area (Å²) in [6, 6.07) is 4.37. The van der Waals surface area contributed by atoms with Gasteiger partial charge in [0.1, 0.15) is 42.7 Å². The number of carbonyl (C=O) groups is 5. The minimum atomic E-state index is -5.33. The van der Waals surface area contributed by atoms with Crippen molar-refractivity contribution < 1.29 is 141 Å². The molecule has 0 radical (unpaired) electrons. The Balaban J connectivity index is 1.13. The van der Waals surface area contributed by atoms with E-state index in [2.05, 4.69) is 4.18 Å². The number of hydrogen-bond donors (Lipinski definition) is 14. The van der Waals surface area contributed by atoms with Crippen LogP contribution in [0.5, 0.6) is 0 Å². The zero-order chi connectivity index (χ0) is 76.2. The third-order valence-corrected chi connectivity index (χ3v) is 21.9. The molecule has 582 valence electrons. The Morgan fingerprint density at radius 3 is 1.97 bits per heavy atom. The van der Waals surface area contributed by atoms with Crippen molar-refractivity contribution in [3.8, 4) is 0 Å². The first-order valence-electron chi connectivity index (χ1n) is 36.0. The van der Waals surface area contributed by atoms with E-state index in [0.717, 1.165) is 6.08 Å². The van der Waals surface area contributed by atoms with Gasteiger partial charge in [-0.25, -0.2) is 8.98 Å². The Morgan fingerprint density at radius 2 is 1.33 bits per heavy atom. The van der Waals surface area contributed by atoms with Crippen LogP contribution in [0.25, 0.3) is 0 Å². The Kier molecular flexibility index (Phi) is 32.8. The fraction of sp³-hybridized carbons (Fsp3) is 0.792. The van der Waals surface area contributed by atoms with E-state index >= 15 is 0 Å². The second-order valence-corrected chi connectivity index (χ2v) is 30.5. The number of allylic oxidation sites excluding steroid dienone is 2. The molecule has 4 aliphatic heterocycles. The summed E-state index contributed by atoms with van der Waals surface area (Å²) in [7, 11) is -3.89. The molecular weight excluding hydrogens is 1360 g/mol. The molecule has 14 N–H and O–H groups in total. The number of epoxide rings is 1. The number of cyclic esters (lactones) is 1. The van der Waals surface area contributed by atoms with Gasteiger partial charge >= 0.3 is 22.3 Å². The number of hydrogen-bond acceptors (Lipinski definition) is 28. The molecule has 0 saturated carbocycles. The number of ketones is 3. The predicted molar refractivity (Wildman–Crippen MR) is 362 cm³/mol. The molecule has 2 bridgehead atoms. The van der Waals surface area contributed by atoms with E-state index in [1.165, 1.54) is 44.4 Å². The molecule has 0 spiro atoms. The van der Waals surface area contributed by atoms with Crippen LogP contribution in [0.15, 0.2) is 42.0 Å². The summed E-state index contributed by atoms with van der Waals surface area (Å²) in [5.74, 6) is -13.3. The molecule has 3 saturated heterocycles. The largest absolute Gasteiger partial charge is 0.459 e. The van der Waals surface area contributed by atoms with Gasteiger partial charge in [-0.15, -0.1) is 0 Å². The standard InChI is InChI=1S/C72H114O29S/c1-12-49(64(86)42-22-24-50-51(27-42)54(80)26-36(5)60(50)82)71(89)97-56-33-59(95-41(10)67(56)94-11)96-55(13-2)37(6)62(84)38(7)63(85)39(8)65-40(9)66-68(99-66)52(78)19-15-18-44(74)28-46(76)29-47(77)30-48-32-57(101-102(91,92)93)69(87)72(90,100-48)70(88)61(83)35(4)20-23-43(73)16-14-17-45(75)31-53(79)34(3)21-25-58(81)98-65/h21-22,24-27,34-35,37-41,43-49,52-53,55-57,59,61-69,73-79,83-87,90H,12-20,23,28-33H2,1-11H3,(H,91,92,93)/t34-,35+,37-,38+,39-,40+,41+,43+,44-,45+,46-,47+,48+,49+,52?,53+,55-,56+,57-,59-,61-,62-,63-,64+,65+,66-,67+,68-,69+,72+/m0/s1. The Bertz CT molecular complexity index is 3070. The average Bonchev–Trinajstić information content (AvgIpc) is 0.918. The normalized spacial score (nSPS) is 37.7. The quantitative estimate of drug-likeness (QED) is 0.0606. The van der Waals surface area contributed by atoms with Crippen molar-refractivity contribution in [1.82, 2.24) is 0 Å². The highest BCUT2D eigenvalue weighted by Crippen LogP contribution is 2.42. The molecule has 6 rings (SSSR count). The lowest BCUT2D eigenvalue weighted by Crippen LogP contribution is -2.65. The van der Waals surface area contributed by atoms with Gasteiger partial charge in [-0.05, 0) is 133 Å². The van der Waals surface area contributed by atoms with Crippen LogP contribution >= 0.6 is 0 Å². The number of aliphatic hydroxyl groups excluding tert-OH is 12. The van der Waals surface area contributed by atoms with Gasteiger partial charge in [-0.3, -0.25) is 23.7 Å². The van der Waals surface area contributed by atoms with Crippen molar-refractivity contribution in [2.75, 3.05) is 7.11 Å². The Hall–Kier alpha value is -4.20. The maximum Gasteiger partial charge on any atom is 0.397 e. The summed E-state index contributed by atoms with van der Waals surface area (Å²) in [6.45, 7) is 16.5. The Morgan fingerprint density at radius 1 is 0.706 bits per heavy atom. The number of benzene rings is 1. The van der Waals surface area contributed by atoms with Gasteiger partial charge in [0, 0.05) is 72.3 Å². The topological polar surface area (TPSA) is 480 Å². The lowest BCUT2D eigenvalue weighted by Gasteiger charge is -2.44. The maximum absolute atomic E-state index is 14.0. The molecule has 102 heavy (non-hydrogen) atoms. The molecule has 30 heteroatoms. The van der Waals surface area contributed by atoms with Crippen molar-refractivity contribution in [1.29, 1.82) is 0 Å². The number of aliphatic hydroxyl groups is 13. The van der Waals surface area contributed by atoms with Crippen molar-refractivity contribution >= 4 is 39.7 Å². The first kappa shape index (κ1) is 86.7. The fourth-order valence-corrected chi connectivity index (χ4v) is 15.4. The molecule has 0 amide bonds. The SMILES string of the molecule is CC[C@H](O[C@H]1C[C@@H](OC(=O)[C@H](CC)[C@H](O)c2ccc3c(c2)C(=O)C=C(C)C3=O)[C@H](OC)[C@@H](C)O1)[C@H](C)[C@H](O)[C@@H](C)[C@H](O)[C@H](C)[C@H]1OC(=O)C=C[C@H](C)[C@H](O)C[C@H](O)CCC[C@@H](O)CC[C@@H](C)[C@H](O)C(=O)[C@]2(O)O[C@H](C[C@H](O)C[C@@H](O)C[C@@H](O)CCCC(O)[C@@H]3O[C@H]3[C@@H]1C)C[C@H](OS(=O)(=O)O)[C@H]2O.